The van der Waals surface area contributed by atoms with Crippen LogP contribution in [0.15, 0.2) is 6.20 Å². The Morgan fingerprint density at radius 3 is 2.62 bits per heavy atom. The number of carbonyl (C=O) groups is 1. The molecule has 0 unspecified atom stereocenters. The van der Waals surface area contributed by atoms with Crippen LogP contribution in [0.25, 0.3) is 0 Å². The molecule has 0 fully saturated rings. The predicted octanol–water partition coefficient (Wildman–Crippen LogP) is -0.341. The number of hydrogen-bond acceptors (Lipinski definition) is 5. The van der Waals surface area contributed by atoms with Gasteiger partial charge in [-0.2, -0.15) is 4.98 Å². The van der Waals surface area contributed by atoms with Crippen LogP contribution >= 0.6 is 0 Å². The molecule has 0 aliphatic rings. The second-order valence-corrected chi connectivity index (χ2v) is 2.32. The topological polar surface area (TPSA) is 92.9 Å². The third-order valence-corrected chi connectivity index (χ3v) is 1.51. The lowest BCUT2D eigenvalue weighted by Gasteiger charge is -2.05. The van der Waals surface area contributed by atoms with Crippen molar-refractivity contribution in [3.63, 3.8) is 0 Å². The van der Waals surface area contributed by atoms with Gasteiger partial charge in [0, 0.05) is 20.3 Å². The highest BCUT2D eigenvalue weighted by Gasteiger charge is 2.09. The third kappa shape index (κ3) is 1.84. The predicted molar refractivity (Wildman–Crippen MR) is 49.6 cm³/mol. The van der Waals surface area contributed by atoms with Crippen LogP contribution in [-0.2, 0) is 0 Å². The molecule has 0 saturated heterocycles. The van der Waals surface area contributed by atoms with Crippen LogP contribution in [-0.4, -0.2) is 30.0 Å². The van der Waals surface area contributed by atoms with Gasteiger partial charge >= 0.3 is 0 Å². The second-order valence-electron chi connectivity index (χ2n) is 2.32. The zero-order valence-corrected chi connectivity index (χ0v) is 7.46. The normalized spacial score (nSPS) is 9.38. The number of rotatable bonds is 3. The molecule has 6 nitrogen and oxygen atoms in total. The highest BCUT2D eigenvalue weighted by molar-refractivity contribution is 5.97. The SMILES string of the molecule is CNc1ncc(C(N)=O)c(NC)n1. The van der Waals surface area contributed by atoms with E-state index in [1.54, 1.807) is 14.1 Å². The first-order valence-electron chi connectivity index (χ1n) is 3.71. The van der Waals surface area contributed by atoms with Crippen LogP contribution < -0.4 is 16.4 Å². The van der Waals surface area contributed by atoms with E-state index in [2.05, 4.69) is 20.6 Å². The maximum absolute atomic E-state index is 10.9. The van der Waals surface area contributed by atoms with Crippen LogP contribution in [0.1, 0.15) is 10.4 Å². The molecule has 6 heteroatoms. The Balaban J connectivity index is 3.15. The van der Waals surface area contributed by atoms with Gasteiger partial charge in [-0.15, -0.1) is 0 Å². The van der Waals surface area contributed by atoms with Crippen LogP contribution in [0.5, 0.6) is 0 Å². The summed E-state index contributed by atoms with van der Waals surface area (Å²) in [5.74, 6) is 0.313. The molecule has 4 N–H and O–H groups in total. The fourth-order valence-electron chi connectivity index (χ4n) is 0.873. The molecule has 0 spiro atoms. The summed E-state index contributed by atoms with van der Waals surface area (Å²) in [6.45, 7) is 0. The van der Waals surface area contributed by atoms with Crippen molar-refractivity contribution >= 4 is 17.7 Å². The molecule has 0 radical (unpaired) electrons. The number of primary amides is 1. The molecule has 0 bridgehead atoms. The van der Waals surface area contributed by atoms with Crippen molar-refractivity contribution in [2.75, 3.05) is 24.7 Å². The number of nitrogens with one attached hydrogen (secondary N) is 2. The van der Waals surface area contributed by atoms with Gasteiger partial charge in [0.1, 0.15) is 5.82 Å². The van der Waals surface area contributed by atoms with Crippen molar-refractivity contribution in [2.24, 2.45) is 5.73 Å². The molecule has 1 aromatic rings. The van der Waals surface area contributed by atoms with Gasteiger partial charge in [-0.1, -0.05) is 0 Å². The van der Waals surface area contributed by atoms with Gasteiger partial charge in [0.15, 0.2) is 0 Å². The van der Waals surface area contributed by atoms with Crippen molar-refractivity contribution in [3.05, 3.63) is 11.8 Å². The molecule has 0 aromatic carbocycles. The molecule has 0 saturated carbocycles. The van der Waals surface area contributed by atoms with Gasteiger partial charge in [-0.25, -0.2) is 4.98 Å². The Morgan fingerprint density at radius 2 is 2.15 bits per heavy atom. The van der Waals surface area contributed by atoms with E-state index in [0.717, 1.165) is 0 Å². The Hall–Kier alpha value is -1.85. The molecule has 0 aliphatic carbocycles. The lowest BCUT2D eigenvalue weighted by atomic mass is 10.3. The monoisotopic (exact) mass is 181 g/mol. The average molecular weight is 181 g/mol. The lowest BCUT2D eigenvalue weighted by molar-refractivity contribution is 0.100. The largest absolute Gasteiger partial charge is 0.372 e. The number of amides is 1. The summed E-state index contributed by atoms with van der Waals surface area (Å²) in [5, 5.41) is 5.51. The smallest absolute Gasteiger partial charge is 0.254 e. The van der Waals surface area contributed by atoms with E-state index >= 15 is 0 Å². The maximum atomic E-state index is 10.9. The standard InChI is InChI=1S/C7H11N5O/c1-9-6-4(5(8)13)3-11-7(10-2)12-6/h3H,1-2H3,(H2,8,13)(H2,9,10,11,12). The van der Waals surface area contributed by atoms with Crippen LogP contribution in [0.2, 0.25) is 0 Å². The maximum Gasteiger partial charge on any atom is 0.254 e. The lowest BCUT2D eigenvalue weighted by Crippen LogP contribution is -2.15. The summed E-state index contributed by atoms with van der Waals surface area (Å²) in [4.78, 5) is 18.7. The molecular weight excluding hydrogens is 170 g/mol. The van der Waals surface area contributed by atoms with Gasteiger partial charge in [0.25, 0.3) is 5.91 Å². The van der Waals surface area contributed by atoms with E-state index in [4.69, 9.17) is 5.73 Å². The molecule has 0 atom stereocenters. The van der Waals surface area contributed by atoms with Gasteiger partial charge in [-0.3, -0.25) is 4.79 Å². The number of anilines is 2. The minimum absolute atomic E-state index is 0.279. The highest BCUT2D eigenvalue weighted by atomic mass is 16.1. The van der Waals surface area contributed by atoms with E-state index in [-0.39, 0.29) is 5.56 Å². The number of nitrogens with two attached hydrogens (primary N) is 1. The minimum atomic E-state index is -0.549. The number of aromatic nitrogens is 2. The molecule has 1 heterocycles. The van der Waals surface area contributed by atoms with Crippen molar-refractivity contribution in [1.29, 1.82) is 0 Å². The third-order valence-electron chi connectivity index (χ3n) is 1.51. The summed E-state index contributed by atoms with van der Waals surface area (Å²) in [7, 11) is 3.35. The minimum Gasteiger partial charge on any atom is -0.372 e. The van der Waals surface area contributed by atoms with Crippen molar-refractivity contribution in [1.82, 2.24) is 9.97 Å². The quantitative estimate of drug-likeness (QED) is 0.593. The van der Waals surface area contributed by atoms with Crippen LogP contribution in [0.3, 0.4) is 0 Å². The van der Waals surface area contributed by atoms with Crippen molar-refractivity contribution < 1.29 is 4.79 Å². The van der Waals surface area contributed by atoms with Gasteiger partial charge < -0.3 is 16.4 Å². The van der Waals surface area contributed by atoms with Gasteiger partial charge in [-0.05, 0) is 0 Å². The molecule has 70 valence electrons. The summed E-state index contributed by atoms with van der Waals surface area (Å²) in [5.41, 5.74) is 5.38. The van der Waals surface area contributed by atoms with Gasteiger partial charge in [0.05, 0.1) is 5.56 Å². The van der Waals surface area contributed by atoms with E-state index in [0.29, 0.717) is 11.8 Å². The number of nitrogens with zero attached hydrogens (tertiary/aromatic N) is 2. The van der Waals surface area contributed by atoms with E-state index in [1.807, 2.05) is 0 Å². The average Bonchev–Trinajstić information content (AvgIpc) is 2.16. The molecular formula is C7H11N5O. The Labute approximate surface area is 75.6 Å². The van der Waals surface area contributed by atoms with Crippen LogP contribution in [0, 0.1) is 0 Å². The number of carbonyl (C=O) groups excluding carboxylic acids is 1. The Bertz CT molecular complexity index is 325. The first kappa shape index (κ1) is 9.24. The van der Waals surface area contributed by atoms with E-state index < -0.39 is 5.91 Å². The van der Waals surface area contributed by atoms with Crippen molar-refractivity contribution in [2.45, 2.75) is 0 Å². The zero-order valence-electron chi connectivity index (χ0n) is 7.46. The fourth-order valence-corrected chi connectivity index (χ4v) is 0.873. The van der Waals surface area contributed by atoms with E-state index in [9.17, 15) is 4.79 Å². The first-order chi connectivity index (χ1) is 6.19. The molecule has 1 rings (SSSR count). The summed E-state index contributed by atoms with van der Waals surface area (Å²) in [6.07, 6.45) is 1.38. The molecule has 0 aliphatic heterocycles. The fraction of sp³-hybridized carbons (Fsp3) is 0.286. The van der Waals surface area contributed by atoms with Crippen LogP contribution in [0.4, 0.5) is 11.8 Å². The number of hydrogen-bond donors (Lipinski definition) is 3. The highest BCUT2D eigenvalue weighted by Crippen LogP contribution is 2.11. The molecule has 1 aromatic heterocycles. The summed E-state index contributed by atoms with van der Waals surface area (Å²) < 4.78 is 0. The summed E-state index contributed by atoms with van der Waals surface area (Å²) >= 11 is 0. The zero-order chi connectivity index (χ0) is 9.84. The Morgan fingerprint density at radius 1 is 1.46 bits per heavy atom. The van der Waals surface area contributed by atoms with E-state index in [1.165, 1.54) is 6.20 Å². The van der Waals surface area contributed by atoms with Gasteiger partial charge in [0.2, 0.25) is 5.95 Å². The molecule has 13 heavy (non-hydrogen) atoms. The second kappa shape index (κ2) is 3.70. The summed E-state index contributed by atoms with van der Waals surface area (Å²) in [6, 6.07) is 0. The molecule has 1 amide bonds. The first-order valence-corrected chi connectivity index (χ1v) is 3.71. The van der Waals surface area contributed by atoms with Crippen molar-refractivity contribution in [3.8, 4) is 0 Å². The Kier molecular flexibility index (Phi) is 2.63.